The van der Waals surface area contributed by atoms with Crippen LogP contribution in [-0.2, 0) is 16.9 Å². The van der Waals surface area contributed by atoms with Gasteiger partial charge in [-0.15, -0.1) is 0 Å². The number of aromatic nitrogens is 2. The monoisotopic (exact) mass is 346 g/mol. The van der Waals surface area contributed by atoms with Crippen molar-refractivity contribution < 1.29 is 13.6 Å². The van der Waals surface area contributed by atoms with E-state index in [2.05, 4.69) is 9.97 Å². The molecule has 1 aliphatic rings. The van der Waals surface area contributed by atoms with E-state index in [-0.39, 0.29) is 12.5 Å². The lowest BCUT2D eigenvalue weighted by Crippen LogP contribution is -2.52. The summed E-state index contributed by atoms with van der Waals surface area (Å²) < 4.78 is 27.1. The molecular formula is C18H20F2N4O. The zero-order chi connectivity index (χ0) is 18.0. The van der Waals surface area contributed by atoms with Crippen LogP contribution < -0.4 is 0 Å². The Bertz CT molecular complexity index is 749. The van der Waals surface area contributed by atoms with Crippen LogP contribution in [-0.4, -0.2) is 46.3 Å². The minimum Gasteiger partial charge on any atom is -0.347 e. The van der Waals surface area contributed by atoms with E-state index in [4.69, 9.17) is 0 Å². The van der Waals surface area contributed by atoms with Crippen LogP contribution in [0.25, 0.3) is 0 Å². The molecule has 7 heteroatoms. The van der Waals surface area contributed by atoms with Crippen LogP contribution in [0.2, 0.25) is 0 Å². The first-order chi connectivity index (χ1) is 11.9. The number of likely N-dealkylation sites (tertiary alicyclic amines) is 1. The molecule has 1 aliphatic heterocycles. The predicted molar refractivity (Wildman–Crippen MR) is 88.4 cm³/mol. The van der Waals surface area contributed by atoms with Crippen molar-refractivity contribution in [2.75, 3.05) is 20.6 Å². The lowest BCUT2D eigenvalue weighted by molar-refractivity contribution is -0.141. The molecule has 1 unspecified atom stereocenters. The summed E-state index contributed by atoms with van der Waals surface area (Å²) in [7, 11) is 3.39. The minimum absolute atomic E-state index is 0.109. The maximum absolute atomic E-state index is 13.5. The molecule has 1 atom stereocenters. The summed E-state index contributed by atoms with van der Waals surface area (Å²) in [6.07, 6.45) is 6.07. The van der Waals surface area contributed by atoms with E-state index in [9.17, 15) is 13.6 Å². The van der Waals surface area contributed by atoms with Gasteiger partial charge < -0.3 is 4.90 Å². The highest BCUT2D eigenvalue weighted by atomic mass is 19.1. The molecule has 1 fully saturated rings. The summed E-state index contributed by atoms with van der Waals surface area (Å²) in [5, 5.41) is 0. The number of amides is 1. The van der Waals surface area contributed by atoms with Crippen molar-refractivity contribution in [3.05, 3.63) is 59.7 Å². The van der Waals surface area contributed by atoms with Gasteiger partial charge in [0.15, 0.2) is 0 Å². The molecule has 0 aliphatic carbocycles. The number of carbonyl (C=O) groups excluding carboxylic acids is 1. The second kappa shape index (κ2) is 6.84. The zero-order valence-electron chi connectivity index (χ0n) is 14.2. The number of benzene rings is 1. The highest BCUT2D eigenvalue weighted by molar-refractivity contribution is 5.87. The van der Waals surface area contributed by atoms with Gasteiger partial charge in [-0.05, 0) is 37.1 Å². The zero-order valence-corrected chi connectivity index (χ0v) is 14.2. The first-order valence-electron chi connectivity index (χ1n) is 8.12. The number of halogens is 2. The molecule has 0 N–H and O–H groups in total. The Hall–Kier alpha value is -2.41. The van der Waals surface area contributed by atoms with Crippen molar-refractivity contribution in [2.45, 2.75) is 24.9 Å². The predicted octanol–water partition coefficient (Wildman–Crippen LogP) is 2.33. The Kier molecular flexibility index (Phi) is 4.76. The van der Waals surface area contributed by atoms with E-state index in [0.717, 1.165) is 12.5 Å². The lowest BCUT2D eigenvalue weighted by Gasteiger charge is -2.38. The van der Waals surface area contributed by atoms with E-state index < -0.39 is 17.2 Å². The fourth-order valence-corrected chi connectivity index (χ4v) is 3.54. The first-order valence-corrected chi connectivity index (χ1v) is 8.12. The standard InChI is InChI=1S/C18H20F2N4O/c1-23(2)17(25)18(16-11-21-5-6-22-16)4-3-7-24(18)12-13-8-14(19)10-15(20)9-13/h5-6,8-11H,3-4,7,12H2,1-2H3. The average molecular weight is 346 g/mol. The van der Waals surface area contributed by atoms with Crippen LogP contribution in [0.4, 0.5) is 8.78 Å². The van der Waals surface area contributed by atoms with Crippen molar-refractivity contribution in [3.8, 4) is 0 Å². The Balaban J connectivity index is 2.03. The van der Waals surface area contributed by atoms with Gasteiger partial charge in [-0.2, -0.15) is 0 Å². The summed E-state index contributed by atoms with van der Waals surface area (Å²) in [5.74, 6) is -1.36. The van der Waals surface area contributed by atoms with Crippen molar-refractivity contribution in [2.24, 2.45) is 0 Å². The van der Waals surface area contributed by atoms with Crippen LogP contribution in [0.5, 0.6) is 0 Å². The van der Waals surface area contributed by atoms with Crippen LogP contribution in [0, 0.1) is 11.6 Å². The average Bonchev–Trinajstić information content (AvgIpc) is 2.98. The topological polar surface area (TPSA) is 49.3 Å². The molecule has 2 aromatic rings. The summed E-state index contributed by atoms with van der Waals surface area (Å²) in [6.45, 7) is 0.888. The van der Waals surface area contributed by atoms with Crippen molar-refractivity contribution in [1.82, 2.24) is 19.8 Å². The van der Waals surface area contributed by atoms with Crippen molar-refractivity contribution >= 4 is 5.91 Å². The third kappa shape index (κ3) is 3.24. The Morgan fingerprint density at radius 1 is 1.24 bits per heavy atom. The molecule has 1 aromatic heterocycles. The van der Waals surface area contributed by atoms with Crippen LogP contribution in [0.1, 0.15) is 24.1 Å². The van der Waals surface area contributed by atoms with Gasteiger partial charge in [0, 0.05) is 39.1 Å². The molecule has 3 rings (SSSR count). The molecule has 132 valence electrons. The van der Waals surface area contributed by atoms with Crippen LogP contribution in [0.15, 0.2) is 36.8 Å². The molecule has 1 aromatic carbocycles. The lowest BCUT2D eigenvalue weighted by atomic mass is 9.90. The molecule has 1 amide bonds. The molecule has 0 spiro atoms. The third-order valence-corrected chi connectivity index (χ3v) is 4.55. The minimum atomic E-state index is -0.972. The van der Waals surface area contributed by atoms with Gasteiger partial charge in [-0.25, -0.2) is 8.78 Å². The molecule has 1 saturated heterocycles. The highest BCUT2D eigenvalue weighted by Crippen LogP contribution is 2.40. The normalized spacial score (nSPS) is 20.6. The van der Waals surface area contributed by atoms with Gasteiger partial charge in [0.1, 0.15) is 17.2 Å². The second-order valence-electron chi connectivity index (χ2n) is 6.45. The third-order valence-electron chi connectivity index (χ3n) is 4.55. The van der Waals surface area contributed by atoms with Gasteiger partial charge >= 0.3 is 0 Å². The van der Waals surface area contributed by atoms with Crippen molar-refractivity contribution in [1.29, 1.82) is 0 Å². The van der Waals surface area contributed by atoms with E-state index >= 15 is 0 Å². The molecule has 0 saturated carbocycles. The maximum atomic E-state index is 13.5. The highest BCUT2D eigenvalue weighted by Gasteiger charge is 2.50. The van der Waals surface area contributed by atoms with E-state index in [1.807, 2.05) is 4.90 Å². The Morgan fingerprint density at radius 3 is 2.56 bits per heavy atom. The first kappa shape index (κ1) is 17.4. The van der Waals surface area contributed by atoms with Gasteiger partial charge in [0.25, 0.3) is 0 Å². The number of carbonyl (C=O) groups is 1. The number of hydrogen-bond donors (Lipinski definition) is 0. The number of nitrogens with zero attached hydrogens (tertiary/aromatic N) is 4. The summed E-state index contributed by atoms with van der Waals surface area (Å²) >= 11 is 0. The second-order valence-corrected chi connectivity index (χ2v) is 6.45. The Labute approximate surface area is 145 Å². The fourth-order valence-electron chi connectivity index (χ4n) is 3.54. The number of hydrogen-bond acceptors (Lipinski definition) is 4. The van der Waals surface area contributed by atoms with Gasteiger partial charge in [0.05, 0.1) is 11.9 Å². The largest absolute Gasteiger partial charge is 0.347 e. The molecular weight excluding hydrogens is 326 g/mol. The number of likely N-dealkylation sites (N-methyl/N-ethyl adjacent to an activating group) is 1. The van der Waals surface area contributed by atoms with E-state index in [0.29, 0.717) is 24.2 Å². The van der Waals surface area contributed by atoms with Crippen LogP contribution in [0.3, 0.4) is 0 Å². The number of rotatable bonds is 4. The molecule has 2 heterocycles. The van der Waals surface area contributed by atoms with Crippen LogP contribution >= 0.6 is 0 Å². The van der Waals surface area contributed by atoms with E-state index in [1.165, 1.54) is 17.0 Å². The molecule has 5 nitrogen and oxygen atoms in total. The Morgan fingerprint density at radius 2 is 1.96 bits per heavy atom. The van der Waals surface area contributed by atoms with Crippen molar-refractivity contribution in [3.63, 3.8) is 0 Å². The van der Waals surface area contributed by atoms with Gasteiger partial charge in [0.2, 0.25) is 5.91 Å². The summed E-state index contributed by atoms with van der Waals surface area (Å²) in [4.78, 5) is 25.0. The smallest absolute Gasteiger partial charge is 0.248 e. The summed E-state index contributed by atoms with van der Waals surface area (Å²) in [5.41, 5.74) is 0.0721. The molecule has 0 bridgehead atoms. The summed E-state index contributed by atoms with van der Waals surface area (Å²) in [6, 6.07) is 3.43. The van der Waals surface area contributed by atoms with E-state index in [1.54, 1.807) is 32.7 Å². The fraction of sp³-hybridized carbons (Fsp3) is 0.389. The molecule has 0 radical (unpaired) electrons. The SMILES string of the molecule is CN(C)C(=O)C1(c2cnccn2)CCCN1Cc1cc(F)cc(F)c1. The maximum Gasteiger partial charge on any atom is 0.248 e. The van der Waals surface area contributed by atoms with Gasteiger partial charge in [-0.1, -0.05) is 0 Å². The quantitative estimate of drug-likeness (QED) is 0.853. The van der Waals surface area contributed by atoms with Gasteiger partial charge in [-0.3, -0.25) is 19.7 Å². The molecule has 25 heavy (non-hydrogen) atoms.